The number of carbonyl (C=O) groups is 1. The molecule has 3 heterocycles. The highest BCUT2D eigenvalue weighted by Crippen LogP contribution is 2.27. The number of benzene rings is 1. The van der Waals surface area contributed by atoms with Gasteiger partial charge in [0.25, 0.3) is 5.56 Å². The van der Waals surface area contributed by atoms with Crippen LogP contribution in [0.1, 0.15) is 16.8 Å². The predicted molar refractivity (Wildman–Crippen MR) is 107 cm³/mol. The zero-order valence-corrected chi connectivity index (χ0v) is 16.1. The molecule has 0 fully saturated rings. The van der Waals surface area contributed by atoms with E-state index in [1.54, 1.807) is 29.1 Å². The highest BCUT2D eigenvalue weighted by Gasteiger charge is 2.25. The molecule has 7 heteroatoms. The van der Waals surface area contributed by atoms with Crippen LogP contribution < -0.4 is 10.5 Å². The Morgan fingerprint density at radius 3 is 2.56 bits per heavy atom. The summed E-state index contributed by atoms with van der Waals surface area (Å²) in [6, 6.07) is 12.8. The topological polar surface area (TPSA) is 68.1 Å². The summed E-state index contributed by atoms with van der Waals surface area (Å²) < 4.78 is 2.06. The van der Waals surface area contributed by atoms with Gasteiger partial charge in [-0.05, 0) is 34.5 Å². The van der Waals surface area contributed by atoms with E-state index < -0.39 is 0 Å². The molecule has 4 rings (SSSR count). The number of pyridine rings is 1. The van der Waals surface area contributed by atoms with Crippen molar-refractivity contribution in [2.75, 3.05) is 18.0 Å². The fourth-order valence-corrected chi connectivity index (χ4v) is 3.75. The average molecular weight is 425 g/mol. The van der Waals surface area contributed by atoms with Gasteiger partial charge in [-0.15, -0.1) is 0 Å². The van der Waals surface area contributed by atoms with Crippen molar-refractivity contribution in [2.45, 2.75) is 13.0 Å². The van der Waals surface area contributed by atoms with E-state index >= 15 is 0 Å². The maximum absolute atomic E-state index is 12.9. The van der Waals surface area contributed by atoms with Gasteiger partial charge in [-0.3, -0.25) is 19.1 Å². The minimum Gasteiger partial charge on any atom is -0.334 e. The molecule has 136 valence electrons. The molecule has 0 saturated carbocycles. The molecule has 0 N–H and O–H groups in total. The van der Waals surface area contributed by atoms with E-state index in [0.717, 1.165) is 12.0 Å². The molecule has 0 aliphatic carbocycles. The van der Waals surface area contributed by atoms with E-state index in [2.05, 4.69) is 20.9 Å². The number of nitrogens with zero attached hydrogens (tertiary/aromatic N) is 4. The third-order valence-electron chi connectivity index (χ3n) is 4.57. The van der Waals surface area contributed by atoms with Crippen molar-refractivity contribution >= 4 is 27.7 Å². The van der Waals surface area contributed by atoms with Gasteiger partial charge in [0.05, 0.1) is 12.2 Å². The van der Waals surface area contributed by atoms with Gasteiger partial charge >= 0.3 is 0 Å². The summed E-state index contributed by atoms with van der Waals surface area (Å²) in [5, 5.41) is 0. The van der Waals surface area contributed by atoms with E-state index in [4.69, 9.17) is 4.98 Å². The molecule has 0 unspecified atom stereocenters. The van der Waals surface area contributed by atoms with Crippen molar-refractivity contribution in [1.82, 2.24) is 14.5 Å². The number of ketones is 1. The van der Waals surface area contributed by atoms with Crippen LogP contribution in [-0.4, -0.2) is 33.4 Å². The maximum atomic E-state index is 12.9. The van der Waals surface area contributed by atoms with Crippen LogP contribution in [0.2, 0.25) is 0 Å². The van der Waals surface area contributed by atoms with E-state index in [0.29, 0.717) is 34.8 Å². The van der Waals surface area contributed by atoms with Crippen LogP contribution in [0.5, 0.6) is 0 Å². The summed E-state index contributed by atoms with van der Waals surface area (Å²) >= 11 is 3.40. The lowest BCUT2D eigenvalue weighted by molar-refractivity contribution is 0.0997. The zero-order chi connectivity index (χ0) is 18.8. The molecule has 0 atom stereocenters. The number of carbonyl (C=O) groups excluding carboxylic acids is 1. The fraction of sp³-hybridized carbons (Fsp3) is 0.200. The zero-order valence-electron chi connectivity index (χ0n) is 14.5. The first-order valence-electron chi connectivity index (χ1n) is 8.69. The number of Topliss-reactive ketones (excluding diaryl/α,β-unsaturated/α-hetero) is 1. The molecule has 2 aromatic heterocycles. The van der Waals surface area contributed by atoms with Gasteiger partial charge in [0.15, 0.2) is 5.78 Å². The Morgan fingerprint density at radius 2 is 1.81 bits per heavy atom. The van der Waals surface area contributed by atoms with Gasteiger partial charge < -0.3 is 4.90 Å². The normalized spacial score (nSPS) is 13.3. The first-order chi connectivity index (χ1) is 13.1. The predicted octanol–water partition coefficient (Wildman–Crippen LogP) is 3.16. The number of hydrogen-bond donors (Lipinski definition) is 0. The first-order valence-corrected chi connectivity index (χ1v) is 9.48. The van der Waals surface area contributed by atoms with Gasteiger partial charge in [0.2, 0.25) is 5.95 Å². The van der Waals surface area contributed by atoms with Crippen LogP contribution in [0.3, 0.4) is 0 Å². The number of fused-ring (bicyclic) bond motifs is 1. The summed E-state index contributed by atoms with van der Waals surface area (Å²) in [6.07, 6.45) is 4.12. The number of halogens is 1. The van der Waals surface area contributed by atoms with E-state index in [9.17, 15) is 9.59 Å². The largest absolute Gasteiger partial charge is 0.334 e. The first kappa shape index (κ1) is 17.6. The van der Waals surface area contributed by atoms with Crippen molar-refractivity contribution in [3.63, 3.8) is 0 Å². The van der Waals surface area contributed by atoms with Gasteiger partial charge in [-0.2, -0.15) is 0 Å². The summed E-state index contributed by atoms with van der Waals surface area (Å²) in [5.41, 5.74) is 1.89. The molecule has 1 aromatic carbocycles. The van der Waals surface area contributed by atoms with E-state index in [1.807, 2.05) is 35.2 Å². The lowest BCUT2D eigenvalue weighted by Crippen LogP contribution is -2.41. The maximum Gasteiger partial charge on any atom is 0.269 e. The lowest BCUT2D eigenvalue weighted by atomic mass is 10.1. The van der Waals surface area contributed by atoms with Crippen LogP contribution in [-0.2, 0) is 6.54 Å². The monoisotopic (exact) mass is 424 g/mol. The van der Waals surface area contributed by atoms with Crippen LogP contribution in [0, 0.1) is 0 Å². The van der Waals surface area contributed by atoms with Crippen molar-refractivity contribution in [2.24, 2.45) is 0 Å². The summed E-state index contributed by atoms with van der Waals surface area (Å²) in [7, 11) is 0. The Morgan fingerprint density at radius 1 is 1.07 bits per heavy atom. The Labute approximate surface area is 164 Å². The summed E-state index contributed by atoms with van der Waals surface area (Å²) in [5.74, 6) is 0.539. The van der Waals surface area contributed by atoms with Gasteiger partial charge in [0.1, 0.15) is 4.47 Å². The smallest absolute Gasteiger partial charge is 0.269 e. The number of rotatable bonds is 4. The van der Waals surface area contributed by atoms with E-state index in [1.165, 1.54) is 0 Å². The average Bonchev–Trinajstić information content (AvgIpc) is 2.72. The highest BCUT2D eigenvalue weighted by atomic mass is 79.9. The summed E-state index contributed by atoms with van der Waals surface area (Å²) in [6.45, 7) is 1.46. The van der Waals surface area contributed by atoms with Crippen molar-refractivity contribution in [1.29, 1.82) is 0 Å². The molecule has 0 radical (unpaired) electrons. The number of hydrogen-bond acceptors (Lipinski definition) is 5. The molecular weight excluding hydrogens is 408 g/mol. The van der Waals surface area contributed by atoms with Crippen LogP contribution in [0.4, 0.5) is 5.95 Å². The molecular formula is C20H17BrN4O2. The minimum atomic E-state index is -0.135. The molecule has 0 saturated heterocycles. The van der Waals surface area contributed by atoms with Crippen LogP contribution in [0.15, 0.2) is 64.1 Å². The van der Waals surface area contributed by atoms with Gasteiger partial charge in [-0.25, -0.2) is 4.98 Å². The second-order valence-electron chi connectivity index (χ2n) is 6.33. The Bertz CT molecular complexity index is 1040. The van der Waals surface area contributed by atoms with Gasteiger partial charge in [0, 0.05) is 36.6 Å². The fourth-order valence-electron chi connectivity index (χ4n) is 3.22. The number of anilines is 1. The Kier molecular flexibility index (Phi) is 4.85. The molecule has 0 spiro atoms. The molecule has 3 aromatic rings. The molecule has 0 bridgehead atoms. The second kappa shape index (κ2) is 7.44. The molecule has 1 aliphatic rings. The van der Waals surface area contributed by atoms with Crippen molar-refractivity contribution < 1.29 is 4.79 Å². The molecule has 1 aliphatic heterocycles. The van der Waals surface area contributed by atoms with Crippen molar-refractivity contribution in [3.05, 3.63) is 75.2 Å². The lowest BCUT2D eigenvalue weighted by Gasteiger charge is -2.31. The van der Waals surface area contributed by atoms with Crippen molar-refractivity contribution in [3.8, 4) is 11.3 Å². The highest BCUT2D eigenvalue weighted by molar-refractivity contribution is 9.10. The SMILES string of the molecule is O=C(CN1CCCn2c1nc(-c1ccncc1)c(Br)c2=O)c1ccccc1. The summed E-state index contributed by atoms with van der Waals surface area (Å²) in [4.78, 5) is 36.2. The van der Waals surface area contributed by atoms with Gasteiger partial charge in [-0.1, -0.05) is 30.3 Å². The second-order valence-corrected chi connectivity index (χ2v) is 7.12. The Balaban J connectivity index is 1.74. The molecule has 27 heavy (non-hydrogen) atoms. The minimum absolute atomic E-state index is 0.00618. The Hall–Kier alpha value is -2.80. The molecule has 6 nitrogen and oxygen atoms in total. The molecule has 0 amide bonds. The third-order valence-corrected chi connectivity index (χ3v) is 5.29. The third kappa shape index (κ3) is 3.42. The van der Waals surface area contributed by atoms with E-state index in [-0.39, 0.29) is 17.9 Å². The van der Waals surface area contributed by atoms with Crippen LogP contribution >= 0.6 is 15.9 Å². The number of aromatic nitrogens is 3. The van der Waals surface area contributed by atoms with Crippen LogP contribution in [0.25, 0.3) is 11.3 Å². The quantitative estimate of drug-likeness (QED) is 0.601. The standard InChI is InChI=1S/C20H17BrN4O2/c21-17-18(15-7-9-22-10-8-15)23-20-24(11-4-12-25(20)19(17)27)13-16(26)14-5-2-1-3-6-14/h1-3,5-10H,4,11-13H2.